The summed E-state index contributed by atoms with van der Waals surface area (Å²) in [7, 11) is 0. The van der Waals surface area contributed by atoms with E-state index < -0.39 is 28.3 Å². The zero-order valence-corrected chi connectivity index (χ0v) is 10.5. The van der Waals surface area contributed by atoms with Gasteiger partial charge in [-0.05, 0) is 39.1 Å². The summed E-state index contributed by atoms with van der Waals surface area (Å²) < 4.78 is 33.0. The Bertz CT molecular complexity index is 444. The zero-order chi connectivity index (χ0) is 13.8. The Morgan fingerprint density at radius 3 is 2.39 bits per heavy atom. The molecule has 0 radical (unpaired) electrons. The molecule has 0 atom stereocenters. The molecule has 0 spiro atoms. The third-order valence-electron chi connectivity index (χ3n) is 3.77. The predicted molar refractivity (Wildman–Crippen MR) is 58.9 cm³/mol. The highest BCUT2D eigenvalue weighted by Gasteiger charge is 2.91. The minimum Gasteiger partial charge on any atom is -0.459 e. The van der Waals surface area contributed by atoms with Crippen molar-refractivity contribution in [3.63, 3.8) is 0 Å². The van der Waals surface area contributed by atoms with Crippen molar-refractivity contribution >= 4 is 5.97 Å². The van der Waals surface area contributed by atoms with Crippen LogP contribution in [0, 0.1) is 10.8 Å². The fourth-order valence-electron chi connectivity index (χ4n) is 2.87. The summed E-state index contributed by atoms with van der Waals surface area (Å²) >= 11 is 0. The molecule has 100 valence electrons. The van der Waals surface area contributed by atoms with Crippen molar-refractivity contribution < 1.29 is 18.3 Å². The molecule has 0 heterocycles. The van der Waals surface area contributed by atoms with E-state index in [2.05, 4.69) is 10.0 Å². The van der Waals surface area contributed by atoms with E-state index in [0.29, 0.717) is 0 Å². The Morgan fingerprint density at radius 2 is 2.00 bits per heavy atom. The molecule has 3 rings (SSSR count). The van der Waals surface area contributed by atoms with Crippen molar-refractivity contribution in [2.45, 2.75) is 45.1 Å². The van der Waals surface area contributed by atoms with E-state index >= 15 is 0 Å². The van der Waals surface area contributed by atoms with Crippen molar-refractivity contribution in [3.05, 3.63) is 10.4 Å². The molecule has 7 heteroatoms. The minimum atomic E-state index is -3.13. The highest BCUT2D eigenvalue weighted by atomic mass is 19.3. The second-order valence-corrected chi connectivity index (χ2v) is 6.18. The van der Waals surface area contributed by atoms with Gasteiger partial charge in [0, 0.05) is 16.9 Å². The van der Waals surface area contributed by atoms with Crippen LogP contribution in [-0.2, 0) is 9.53 Å². The lowest BCUT2D eigenvalue weighted by atomic mass is 9.32. The molecule has 3 aliphatic rings. The van der Waals surface area contributed by atoms with E-state index in [1.807, 2.05) is 0 Å². The van der Waals surface area contributed by atoms with Crippen LogP contribution in [0.15, 0.2) is 5.11 Å². The summed E-state index contributed by atoms with van der Waals surface area (Å²) in [5.41, 5.74) is 4.40. The lowest BCUT2D eigenvalue weighted by Crippen LogP contribution is -2.83. The number of azide groups is 1. The number of halogens is 2. The van der Waals surface area contributed by atoms with Gasteiger partial charge in [0.2, 0.25) is 0 Å². The molecule has 0 aromatic rings. The van der Waals surface area contributed by atoms with Gasteiger partial charge in [-0.25, -0.2) is 8.78 Å². The van der Waals surface area contributed by atoms with Gasteiger partial charge in [0.1, 0.15) is 11.0 Å². The molecular weight excluding hydrogens is 244 g/mol. The number of hydrogen-bond donors (Lipinski definition) is 0. The van der Waals surface area contributed by atoms with Crippen molar-refractivity contribution in [1.29, 1.82) is 0 Å². The molecule has 3 aliphatic carbocycles. The van der Waals surface area contributed by atoms with E-state index in [-0.39, 0.29) is 19.4 Å². The van der Waals surface area contributed by atoms with Gasteiger partial charge in [0.05, 0.1) is 0 Å². The average molecular weight is 259 g/mol. The second kappa shape index (κ2) is 3.35. The predicted octanol–water partition coefficient (Wildman–Crippen LogP) is 3.05. The first-order chi connectivity index (χ1) is 8.10. The largest absolute Gasteiger partial charge is 0.459 e. The molecule has 0 unspecified atom stereocenters. The van der Waals surface area contributed by atoms with Crippen LogP contribution < -0.4 is 0 Å². The molecule has 2 bridgehead atoms. The van der Waals surface area contributed by atoms with E-state index in [1.165, 1.54) is 0 Å². The second-order valence-electron chi connectivity index (χ2n) is 6.18. The lowest BCUT2D eigenvalue weighted by molar-refractivity contribution is -0.395. The quantitative estimate of drug-likeness (QED) is 0.338. The maximum atomic E-state index is 14.0. The number of rotatable bonds is 3. The zero-order valence-electron chi connectivity index (χ0n) is 10.5. The molecule has 0 saturated heterocycles. The summed E-state index contributed by atoms with van der Waals surface area (Å²) in [5.74, 6) is -3.97. The summed E-state index contributed by atoms with van der Waals surface area (Å²) in [5, 5.41) is 3.21. The molecule has 0 N–H and O–H groups in total. The van der Waals surface area contributed by atoms with Crippen LogP contribution in [0.1, 0.15) is 33.6 Å². The highest BCUT2D eigenvalue weighted by molar-refractivity contribution is 5.84. The van der Waals surface area contributed by atoms with Crippen LogP contribution in [-0.4, -0.2) is 24.0 Å². The topological polar surface area (TPSA) is 75.1 Å². The Labute approximate surface area is 103 Å². The van der Waals surface area contributed by atoms with Crippen molar-refractivity contribution in [2.75, 3.05) is 6.54 Å². The van der Waals surface area contributed by atoms with Crippen LogP contribution in [0.5, 0.6) is 0 Å². The van der Waals surface area contributed by atoms with Gasteiger partial charge < -0.3 is 4.74 Å². The number of ether oxygens (including phenoxy) is 1. The Morgan fingerprint density at radius 1 is 1.44 bits per heavy atom. The van der Waals surface area contributed by atoms with Gasteiger partial charge in [-0.1, -0.05) is 5.11 Å². The van der Waals surface area contributed by atoms with E-state index in [9.17, 15) is 13.6 Å². The third-order valence-corrected chi connectivity index (χ3v) is 3.77. The standard InChI is InChI=1S/C11H15F2N3O2/c1-8(2,3)18-7(17)10-4-9(5-10,6-15-16-14)11(10,12)13/h4-6H2,1-3H3. The number of carbonyl (C=O) groups is 1. The van der Waals surface area contributed by atoms with Crippen LogP contribution in [0.25, 0.3) is 10.4 Å². The maximum absolute atomic E-state index is 14.0. The first-order valence-corrected chi connectivity index (χ1v) is 5.72. The summed E-state index contributed by atoms with van der Waals surface area (Å²) in [6.07, 6.45) is 0.0852. The van der Waals surface area contributed by atoms with E-state index in [4.69, 9.17) is 10.3 Å². The molecule has 0 aliphatic heterocycles. The van der Waals surface area contributed by atoms with Gasteiger partial charge in [-0.2, -0.15) is 0 Å². The van der Waals surface area contributed by atoms with Gasteiger partial charge in [-0.3, -0.25) is 4.79 Å². The third kappa shape index (κ3) is 1.37. The van der Waals surface area contributed by atoms with Gasteiger partial charge in [0.15, 0.2) is 0 Å². The normalized spacial score (nSPS) is 35.8. The summed E-state index contributed by atoms with van der Waals surface area (Å²) in [6, 6.07) is 0. The summed E-state index contributed by atoms with van der Waals surface area (Å²) in [6.45, 7) is 4.67. The highest BCUT2D eigenvalue weighted by Crippen LogP contribution is 2.82. The lowest BCUT2D eigenvalue weighted by Gasteiger charge is -2.73. The number of alkyl halides is 2. The van der Waals surface area contributed by atoms with Crippen molar-refractivity contribution in [1.82, 2.24) is 0 Å². The maximum Gasteiger partial charge on any atom is 0.318 e. The fourth-order valence-corrected chi connectivity index (χ4v) is 2.87. The molecular formula is C11H15F2N3O2. The van der Waals surface area contributed by atoms with Gasteiger partial charge in [-0.15, -0.1) is 0 Å². The van der Waals surface area contributed by atoms with Crippen LogP contribution in [0.2, 0.25) is 0 Å². The van der Waals surface area contributed by atoms with E-state index in [0.717, 1.165) is 0 Å². The number of esters is 1. The van der Waals surface area contributed by atoms with Crippen LogP contribution in [0.4, 0.5) is 8.78 Å². The number of carbonyl (C=O) groups excluding carboxylic acids is 1. The Kier molecular flexibility index (Phi) is 2.43. The van der Waals surface area contributed by atoms with Gasteiger partial charge >= 0.3 is 5.97 Å². The first kappa shape index (κ1) is 13.1. The van der Waals surface area contributed by atoms with Crippen LogP contribution in [0.3, 0.4) is 0 Å². The fraction of sp³-hybridized carbons (Fsp3) is 0.909. The van der Waals surface area contributed by atoms with E-state index in [1.54, 1.807) is 20.8 Å². The van der Waals surface area contributed by atoms with Gasteiger partial charge in [0.25, 0.3) is 5.92 Å². The molecule has 3 fully saturated rings. The van der Waals surface area contributed by atoms with Crippen LogP contribution >= 0.6 is 0 Å². The molecule has 5 nitrogen and oxygen atoms in total. The molecule has 18 heavy (non-hydrogen) atoms. The van der Waals surface area contributed by atoms with Crippen molar-refractivity contribution in [2.24, 2.45) is 15.9 Å². The average Bonchev–Trinajstić information content (AvgIpc) is 2.12. The Hall–Kier alpha value is -1.36. The molecule has 0 amide bonds. The molecule has 3 saturated carbocycles. The SMILES string of the molecule is CC(C)(C)OC(=O)C12CC(CN=[N+]=[N-])(C1)C2(F)F. The number of nitrogens with zero attached hydrogens (tertiary/aromatic N) is 3. The molecule has 0 aromatic heterocycles. The number of hydrogen-bond acceptors (Lipinski definition) is 3. The minimum absolute atomic E-state index is 0.0426. The molecule has 0 aromatic carbocycles. The van der Waals surface area contributed by atoms with Crippen molar-refractivity contribution in [3.8, 4) is 0 Å². The Balaban J connectivity index is 2.11. The smallest absolute Gasteiger partial charge is 0.318 e. The summed E-state index contributed by atoms with van der Waals surface area (Å²) in [4.78, 5) is 14.3. The first-order valence-electron chi connectivity index (χ1n) is 5.72. The monoisotopic (exact) mass is 259 g/mol.